The third-order valence-electron chi connectivity index (χ3n) is 5.40. The molecule has 2 aromatic carbocycles. The molecule has 2 N–H and O–H groups in total. The Morgan fingerprint density at radius 1 is 0.882 bits per heavy atom. The van der Waals surface area contributed by atoms with E-state index in [0.29, 0.717) is 30.0 Å². The monoisotopic (exact) mass is 482 g/mol. The Balaban J connectivity index is 0.000000196. The number of hydrazone groups is 2. The fourth-order valence-corrected chi connectivity index (χ4v) is 3.47. The topological polar surface area (TPSA) is 109 Å². The maximum atomic E-state index is 11.5. The van der Waals surface area contributed by atoms with Crippen molar-refractivity contribution in [3.05, 3.63) is 70.2 Å². The Labute approximate surface area is 203 Å². The van der Waals surface area contributed by atoms with Gasteiger partial charge in [-0.2, -0.15) is 10.2 Å². The zero-order chi connectivity index (χ0) is 24.7. The molecule has 8 nitrogen and oxygen atoms in total. The van der Waals surface area contributed by atoms with Crippen molar-refractivity contribution in [3.63, 3.8) is 0 Å². The maximum absolute atomic E-state index is 11.5. The van der Waals surface area contributed by atoms with Gasteiger partial charge in [0.25, 0.3) is 0 Å². The van der Waals surface area contributed by atoms with Crippen molar-refractivity contribution in [3.8, 4) is 0 Å². The van der Waals surface area contributed by atoms with Crippen molar-refractivity contribution < 1.29 is 19.1 Å². The molecule has 178 valence electrons. The van der Waals surface area contributed by atoms with Crippen LogP contribution in [0.1, 0.15) is 55.1 Å². The summed E-state index contributed by atoms with van der Waals surface area (Å²) in [4.78, 5) is 34.0. The molecule has 0 fully saturated rings. The van der Waals surface area contributed by atoms with Crippen LogP contribution in [0.2, 0.25) is 5.02 Å². The maximum Gasteiger partial charge on any atom is 0.338 e. The number of esters is 1. The second-order valence-electron chi connectivity index (χ2n) is 8.08. The molecule has 2 aliphatic heterocycles. The van der Waals surface area contributed by atoms with Crippen molar-refractivity contribution in [1.82, 2.24) is 10.9 Å². The highest BCUT2D eigenvalue weighted by atomic mass is 35.5. The lowest BCUT2D eigenvalue weighted by atomic mass is 9.96. The third kappa shape index (κ3) is 6.51. The number of amides is 2. The Hall–Kier alpha value is -3.52. The lowest BCUT2D eigenvalue weighted by Gasteiger charge is -2.17. The molecule has 2 heterocycles. The van der Waals surface area contributed by atoms with Crippen molar-refractivity contribution in [1.29, 1.82) is 0 Å². The molecule has 0 spiro atoms. The standard InChI is InChI=1S/C14H16N2O3.C11H11ClN2O/c1-3-19-14(18)11-6-4-10(5-7-11)12-8-9(2)13(17)16-15-12;1-7-6-10(13-14-11(7)15)8-2-4-9(12)5-3-8/h4-7,9H,3,8H2,1-2H3,(H,16,17);2-5,7H,6H2,1H3,(H,14,15). The highest BCUT2D eigenvalue weighted by Gasteiger charge is 2.22. The van der Waals surface area contributed by atoms with Crippen molar-refractivity contribution >= 4 is 40.8 Å². The summed E-state index contributed by atoms with van der Waals surface area (Å²) in [5, 5.41) is 8.78. The number of ether oxygens (including phenoxy) is 1. The minimum atomic E-state index is -0.332. The highest BCUT2D eigenvalue weighted by molar-refractivity contribution is 6.30. The summed E-state index contributed by atoms with van der Waals surface area (Å²) in [7, 11) is 0. The van der Waals surface area contributed by atoms with E-state index < -0.39 is 0 Å². The van der Waals surface area contributed by atoms with E-state index in [9.17, 15) is 14.4 Å². The van der Waals surface area contributed by atoms with Gasteiger partial charge in [-0.1, -0.05) is 49.7 Å². The first kappa shape index (κ1) is 25.1. The third-order valence-corrected chi connectivity index (χ3v) is 5.66. The molecule has 2 unspecified atom stereocenters. The lowest BCUT2D eigenvalue weighted by Crippen LogP contribution is -2.33. The summed E-state index contributed by atoms with van der Waals surface area (Å²) >= 11 is 5.79. The number of nitrogens with one attached hydrogen (secondary N) is 2. The van der Waals surface area contributed by atoms with Crippen LogP contribution in [0, 0.1) is 11.8 Å². The average Bonchev–Trinajstić information content (AvgIpc) is 2.84. The first-order valence-corrected chi connectivity index (χ1v) is 11.4. The highest BCUT2D eigenvalue weighted by Crippen LogP contribution is 2.17. The van der Waals surface area contributed by atoms with Gasteiger partial charge in [-0.3, -0.25) is 9.59 Å². The van der Waals surface area contributed by atoms with Crippen LogP contribution < -0.4 is 10.9 Å². The number of carbonyl (C=O) groups excluding carboxylic acids is 3. The van der Waals surface area contributed by atoms with E-state index in [1.807, 2.05) is 50.2 Å². The van der Waals surface area contributed by atoms with Gasteiger partial charge in [-0.25, -0.2) is 15.6 Å². The smallest absolute Gasteiger partial charge is 0.338 e. The number of hydrogen-bond donors (Lipinski definition) is 2. The van der Waals surface area contributed by atoms with Gasteiger partial charge in [0.05, 0.1) is 23.6 Å². The largest absolute Gasteiger partial charge is 0.462 e. The molecule has 2 atom stereocenters. The second-order valence-corrected chi connectivity index (χ2v) is 8.52. The van der Waals surface area contributed by atoms with Gasteiger partial charge in [-0.05, 0) is 42.3 Å². The Bertz CT molecular complexity index is 1110. The zero-order valence-electron chi connectivity index (χ0n) is 19.3. The summed E-state index contributed by atoms with van der Waals surface area (Å²) in [6.07, 6.45) is 1.28. The van der Waals surface area contributed by atoms with E-state index in [1.54, 1.807) is 19.1 Å². The van der Waals surface area contributed by atoms with Crippen LogP contribution in [0.15, 0.2) is 58.7 Å². The molecule has 4 rings (SSSR count). The van der Waals surface area contributed by atoms with Gasteiger partial charge in [0.15, 0.2) is 0 Å². The van der Waals surface area contributed by atoms with E-state index in [-0.39, 0.29) is 29.6 Å². The molecule has 0 saturated heterocycles. The first-order chi connectivity index (χ1) is 16.3. The van der Waals surface area contributed by atoms with Gasteiger partial charge in [0.1, 0.15) is 0 Å². The molecular weight excluding hydrogens is 456 g/mol. The van der Waals surface area contributed by atoms with Gasteiger partial charge < -0.3 is 4.74 Å². The van der Waals surface area contributed by atoms with Crippen molar-refractivity contribution in [2.24, 2.45) is 22.0 Å². The second kappa shape index (κ2) is 11.6. The molecule has 0 aromatic heterocycles. The van der Waals surface area contributed by atoms with Gasteiger partial charge in [0, 0.05) is 29.7 Å². The van der Waals surface area contributed by atoms with Crippen LogP contribution in [-0.4, -0.2) is 35.8 Å². The Kier molecular flexibility index (Phi) is 8.54. The molecule has 0 bridgehead atoms. The molecule has 0 radical (unpaired) electrons. The van der Waals surface area contributed by atoms with E-state index in [1.165, 1.54) is 0 Å². The molecular formula is C25H27ClN4O4. The molecule has 0 saturated carbocycles. The number of benzene rings is 2. The zero-order valence-corrected chi connectivity index (χ0v) is 20.1. The Morgan fingerprint density at radius 2 is 1.32 bits per heavy atom. The van der Waals surface area contributed by atoms with Crippen molar-refractivity contribution in [2.75, 3.05) is 6.61 Å². The number of halogens is 1. The molecule has 2 amide bonds. The van der Waals surface area contributed by atoms with Crippen LogP contribution in [-0.2, 0) is 14.3 Å². The normalized spacial score (nSPS) is 19.5. The predicted molar refractivity (Wildman–Crippen MR) is 131 cm³/mol. The Morgan fingerprint density at radius 3 is 1.74 bits per heavy atom. The average molecular weight is 483 g/mol. The van der Waals surface area contributed by atoms with E-state index in [4.69, 9.17) is 16.3 Å². The van der Waals surface area contributed by atoms with E-state index >= 15 is 0 Å². The summed E-state index contributed by atoms with van der Waals surface area (Å²) in [6.45, 7) is 5.88. The number of carbonyl (C=O) groups is 3. The van der Waals surface area contributed by atoms with Gasteiger partial charge in [-0.15, -0.1) is 0 Å². The molecule has 34 heavy (non-hydrogen) atoms. The predicted octanol–water partition coefficient (Wildman–Crippen LogP) is 3.92. The quantitative estimate of drug-likeness (QED) is 0.643. The number of rotatable bonds is 4. The van der Waals surface area contributed by atoms with Crippen LogP contribution in [0.4, 0.5) is 0 Å². The van der Waals surface area contributed by atoms with Crippen LogP contribution in [0.25, 0.3) is 0 Å². The minimum absolute atomic E-state index is 0.0202. The summed E-state index contributed by atoms with van der Waals surface area (Å²) in [5.41, 5.74) is 9.15. The number of nitrogens with zero attached hydrogens (tertiary/aromatic N) is 2. The van der Waals surface area contributed by atoms with Crippen LogP contribution in [0.3, 0.4) is 0 Å². The first-order valence-electron chi connectivity index (χ1n) is 11.0. The minimum Gasteiger partial charge on any atom is -0.462 e. The van der Waals surface area contributed by atoms with E-state index in [0.717, 1.165) is 22.6 Å². The molecule has 2 aromatic rings. The fraction of sp³-hybridized carbons (Fsp3) is 0.320. The molecule has 9 heteroatoms. The summed E-state index contributed by atoms with van der Waals surface area (Å²) < 4.78 is 4.92. The molecule has 2 aliphatic rings. The van der Waals surface area contributed by atoms with E-state index in [2.05, 4.69) is 21.1 Å². The SMILES string of the molecule is CC1CC(c2ccc(Cl)cc2)=NNC1=O.CCOC(=O)c1ccc(C2=NNC(=O)C(C)C2)cc1. The summed E-state index contributed by atoms with van der Waals surface area (Å²) in [6, 6.07) is 14.5. The van der Waals surface area contributed by atoms with Gasteiger partial charge >= 0.3 is 5.97 Å². The van der Waals surface area contributed by atoms with Crippen LogP contribution in [0.5, 0.6) is 0 Å². The lowest BCUT2D eigenvalue weighted by molar-refractivity contribution is -0.125. The van der Waals surface area contributed by atoms with Gasteiger partial charge in [0.2, 0.25) is 11.8 Å². The van der Waals surface area contributed by atoms with Crippen LogP contribution >= 0.6 is 11.6 Å². The summed E-state index contributed by atoms with van der Waals surface area (Å²) in [5.74, 6) is -0.522. The fourth-order valence-electron chi connectivity index (χ4n) is 3.34. The molecule has 0 aliphatic carbocycles. The number of hydrogen-bond acceptors (Lipinski definition) is 6. The van der Waals surface area contributed by atoms with Crippen molar-refractivity contribution in [2.45, 2.75) is 33.6 Å².